The van der Waals surface area contributed by atoms with Crippen LogP contribution in [0.25, 0.3) is 0 Å². The van der Waals surface area contributed by atoms with Crippen molar-refractivity contribution in [3.8, 4) is 0 Å². The molecular weight excluding hydrogens is 180 g/mol. The predicted molar refractivity (Wildman–Crippen MR) is 55.2 cm³/mol. The van der Waals surface area contributed by atoms with Crippen molar-refractivity contribution in [2.24, 2.45) is 11.8 Å². The highest BCUT2D eigenvalue weighted by Crippen LogP contribution is 2.16. The fourth-order valence-electron chi connectivity index (χ4n) is 1.52. The van der Waals surface area contributed by atoms with Crippen LogP contribution in [0.4, 0.5) is 0 Å². The second kappa shape index (κ2) is 6.38. The zero-order chi connectivity index (χ0) is 10.4. The van der Waals surface area contributed by atoms with Crippen molar-refractivity contribution in [1.82, 2.24) is 0 Å². The molecule has 0 saturated carbocycles. The van der Waals surface area contributed by atoms with Gasteiger partial charge in [0, 0.05) is 19.1 Å². The lowest BCUT2D eigenvalue weighted by molar-refractivity contribution is -0.000522. The Kier molecular flexibility index (Phi) is 5.45. The van der Waals surface area contributed by atoms with E-state index in [1.165, 1.54) is 0 Å². The minimum atomic E-state index is -0.343. The highest BCUT2D eigenvalue weighted by molar-refractivity contribution is 4.72. The maximum Gasteiger partial charge on any atom is 0.0824 e. The van der Waals surface area contributed by atoms with Crippen LogP contribution in [0, 0.1) is 11.8 Å². The molecule has 0 aliphatic carbocycles. The Labute approximate surface area is 86.4 Å². The predicted octanol–water partition coefficient (Wildman–Crippen LogP) is 1.45. The summed E-state index contributed by atoms with van der Waals surface area (Å²) in [7, 11) is 0. The summed E-state index contributed by atoms with van der Waals surface area (Å²) in [5.74, 6) is 0.955. The van der Waals surface area contributed by atoms with Crippen molar-refractivity contribution in [2.45, 2.75) is 32.8 Å². The van der Waals surface area contributed by atoms with E-state index >= 15 is 0 Å². The van der Waals surface area contributed by atoms with Gasteiger partial charge in [-0.3, -0.25) is 0 Å². The summed E-state index contributed by atoms with van der Waals surface area (Å²) < 4.78 is 10.6. The largest absolute Gasteiger partial charge is 0.390 e. The summed E-state index contributed by atoms with van der Waals surface area (Å²) in [6, 6.07) is 0. The van der Waals surface area contributed by atoms with Crippen molar-refractivity contribution in [1.29, 1.82) is 0 Å². The maximum atomic E-state index is 9.71. The average Bonchev–Trinajstić information content (AvgIpc) is 2.64. The SMILES string of the molecule is CC(C)CCOCC(O)C1CCOC1. The van der Waals surface area contributed by atoms with Crippen LogP contribution in [0.3, 0.4) is 0 Å². The summed E-state index contributed by atoms with van der Waals surface area (Å²) in [6.45, 7) is 7.03. The third-order valence-corrected chi connectivity index (χ3v) is 2.64. The molecule has 2 atom stereocenters. The molecule has 1 aliphatic rings. The Morgan fingerprint density at radius 2 is 2.29 bits per heavy atom. The Morgan fingerprint density at radius 3 is 2.86 bits per heavy atom. The lowest BCUT2D eigenvalue weighted by Gasteiger charge is -2.16. The van der Waals surface area contributed by atoms with Crippen LogP contribution in [0.15, 0.2) is 0 Å². The molecule has 0 aromatic heterocycles. The average molecular weight is 202 g/mol. The van der Waals surface area contributed by atoms with E-state index in [0.29, 0.717) is 19.1 Å². The molecule has 1 aliphatic heterocycles. The molecule has 14 heavy (non-hydrogen) atoms. The van der Waals surface area contributed by atoms with Gasteiger partial charge in [0.2, 0.25) is 0 Å². The highest BCUT2D eigenvalue weighted by Gasteiger charge is 2.23. The molecular formula is C11H22O3. The van der Waals surface area contributed by atoms with Gasteiger partial charge in [0.15, 0.2) is 0 Å². The standard InChI is InChI=1S/C11H22O3/c1-9(2)3-5-14-8-11(12)10-4-6-13-7-10/h9-12H,3-8H2,1-2H3. The minimum Gasteiger partial charge on any atom is -0.390 e. The first-order valence-corrected chi connectivity index (χ1v) is 5.53. The molecule has 3 heteroatoms. The van der Waals surface area contributed by atoms with Gasteiger partial charge in [0.1, 0.15) is 0 Å². The van der Waals surface area contributed by atoms with Gasteiger partial charge in [-0.05, 0) is 18.8 Å². The molecule has 1 heterocycles. The van der Waals surface area contributed by atoms with Crippen molar-refractivity contribution in [2.75, 3.05) is 26.4 Å². The minimum absolute atomic E-state index is 0.286. The van der Waals surface area contributed by atoms with Crippen LogP contribution in [0.1, 0.15) is 26.7 Å². The Hall–Kier alpha value is -0.120. The summed E-state index contributed by atoms with van der Waals surface area (Å²) in [5.41, 5.74) is 0. The van der Waals surface area contributed by atoms with Gasteiger partial charge in [-0.15, -0.1) is 0 Å². The molecule has 0 amide bonds. The number of aliphatic hydroxyl groups is 1. The molecule has 1 saturated heterocycles. The van der Waals surface area contributed by atoms with Crippen LogP contribution in [0.5, 0.6) is 0 Å². The van der Waals surface area contributed by atoms with E-state index in [1.54, 1.807) is 0 Å². The molecule has 0 spiro atoms. The van der Waals surface area contributed by atoms with Gasteiger partial charge in [0.25, 0.3) is 0 Å². The van der Waals surface area contributed by atoms with E-state index in [0.717, 1.165) is 26.1 Å². The van der Waals surface area contributed by atoms with E-state index in [4.69, 9.17) is 9.47 Å². The number of ether oxygens (including phenoxy) is 2. The van der Waals surface area contributed by atoms with Crippen molar-refractivity contribution >= 4 is 0 Å². The van der Waals surface area contributed by atoms with Gasteiger partial charge in [0.05, 0.1) is 19.3 Å². The lowest BCUT2D eigenvalue weighted by Crippen LogP contribution is -2.26. The Balaban J connectivity index is 1.99. The molecule has 0 aromatic carbocycles. The molecule has 0 bridgehead atoms. The molecule has 84 valence electrons. The molecule has 1 rings (SSSR count). The summed E-state index contributed by atoms with van der Waals surface area (Å²) in [5, 5.41) is 9.71. The molecule has 2 unspecified atom stereocenters. The normalized spacial score (nSPS) is 24.4. The Morgan fingerprint density at radius 1 is 1.50 bits per heavy atom. The monoisotopic (exact) mass is 202 g/mol. The van der Waals surface area contributed by atoms with Crippen LogP contribution in [-0.2, 0) is 9.47 Å². The fourth-order valence-corrected chi connectivity index (χ4v) is 1.52. The molecule has 0 radical (unpaired) electrons. The van der Waals surface area contributed by atoms with Crippen LogP contribution in [-0.4, -0.2) is 37.6 Å². The molecule has 1 N–H and O–H groups in total. The van der Waals surface area contributed by atoms with Gasteiger partial charge >= 0.3 is 0 Å². The third-order valence-electron chi connectivity index (χ3n) is 2.64. The third kappa shape index (κ3) is 4.40. The number of hydrogen-bond donors (Lipinski definition) is 1. The van der Waals surface area contributed by atoms with Crippen molar-refractivity contribution < 1.29 is 14.6 Å². The van der Waals surface area contributed by atoms with Gasteiger partial charge < -0.3 is 14.6 Å². The van der Waals surface area contributed by atoms with Gasteiger partial charge in [-0.1, -0.05) is 13.8 Å². The van der Waals surface area contributed by atoms with Crippen LogP contribution < -0.4 is 0 Å². The molecule has 0 aromatic rings. The second-order valence-corrected chi connectivity index (χ2v) is 4.45. The number of rotatable bonds is 6. The zero-order valence-electron chi connectivity index (χ0n) is 9.24. The first-order chi connectivity index (χ1) is 6.70. The summed E-state index contributed by atoms with van der Waals surface area (Å²) in [6.07, 6.45) is 1.69. The second-order valence-electron chi connectivity index (χ2n) is 4.45. The Bertz CT molecular complexity index is 141. The zero-order valence-corrected chi connectivity index (χ0v) is 9.24. The van der Waals surface area contributed by atoms with E-state index in [9.17, 15) is 5.11 Å². The van der Waals surface area contributed by atoms with E-state index < -0.39 is 0 Å². The van der Waals surface area contributed by atoms with Crippen LogP contribution >= 0.6 is 0 Å². The maximum absolute atomic E-state index is 9.71. The fraction of sp³-hybridized carbons (Fsp3) is 1.00. The van der Waals surface area contributed by atoms with Gasteiger partial charge in [-0.2, -0.15) is 0 Å². The first-order valence-electron chi connectivity index (χ1n) is 5.53. The van der Waals surface area contributed by atoms with Gasteiger partial charge in [-0.25, -0.2) is 0 Å². The first kappa shape index (κ1) is 12.0. The van der Waals surface area contributed by atoms with E-state index in [-0.39, 0.29) is 12.0 Å². The molecule has 1 fully saturated rings. The lowest BCUT2D eigenvalue weighted by atomic mass is 10.0. The number of hydrogen-bond acceptors (Lipinski definition) is 3. The van der Waals surface area contributed by atoms with E-state index in [2.05, 4.69) is 13.8 Å². The van der Waals surface area contributed by atoms with Crippen LogP contribution in [0.2, 0.25) is 0 Å². The summed E-state index contributed by atoms with van der Waals surface area (Å²) >= 11 is 0. The molecule has 3 nitrogen and oxygen atoms in total. The van der Waals surface area contributed by atoms with Crippen molar-refractivity contribution in [3.05, 3.63) is 0 Å². The smallest absolute Gasteiger partial charge is 0.0824 e. The highest BCUT2D eigenvalue weighted by atomic mass is 16.5. The van der Waals surface area contributed by atoms with E-state index in [1.807, 2.05) is 0 Å². The topological polar surface area (TPSA) is 38.7 Å². The quantitative estimate of drug-likeness (QED) is 0.662. The summed E-state index contributed by atoms with van der Waals surface area (Å²) in [4.78, 5) is 0. The number of aliphatic hydroxyl groups excluding tert-OH is 1. The van der Waals surface area contributed by atoms with Crippen molar-refractivity contribution in [3.63, 3.8) is 0 Å².